The molecular weight excluding hydrogens is 404 g/mol. The van der Waals surface area contributed by atoms with Crippen LogP contribution in [0.4, 0.5) is 13.2 Å². The highest BCUT2D eigenvalue weighted by atomic mass is 35.5. The number of piperazine rings is 1. The molecule has 1 N–H and O–H groups in total. The number of nitrogens with one attached hydrogen (secondary N) is 1. The molecule has 2 fully saturated rings. The number of hydrogen-bond acceptors (Lipinski definition) is 4. The summed E-state index contributed by atoms with van der Waals surface area (Å²) in [5.74, 6) is 0.888. The van der Waals surface area contributed by atoms with Crippen LogP contribution in [0, 0.1) is 5.92 Å². The minimum absolute atomic E-state index is 0. The Kier molecular flexibility index (Phi) is 9.48. The maximum Gasteiger partial charge on any atom is 0.573 e. The van der Waals surface area contributed by atoms with Crippen LogP contribution < -0.4 is 14.8 Å². The summed E-state index contributed by atoms with van der Waals surface area (Å²) in [6.07, 6.45) is -0.142. The quantitative estimate of drug-likeness (QED) is 0.741. The maximum absolute atomic E-state index is 12.6. The molecule has 2 aliphatic rings. The van der Waals surface area contributed by atoms with Gasteiger partial charge in [-0.25, -0.2) is 0 Å². The van der Waals surface area contributed by atoms with Crippen LogP contribution in [0.1, 0.15) is 37.3 Å². The zero-order valence-corrected chi connectivity index (χ0v) is 16.9. The Morgan fingerprint density at radius 1 is 1.11 bits per heavy atom. The summed E-state index contributed by atoms with van der Waals surface area (Å²) in [5, 5.41) is 3.34. The molecule has 0 amide bonds. The molecule has 0 aromatic heterocycles. The minimum Gasteiger partial charge on any atom is -0.496 e. The predicted octanol–water partition coefficient (Wildman–Crippen LogP) is 4.57. The van der Waals surface area contributed by atoms with Gasteiger partial charge in [0.1, 0.15) is 11.5 Å². The average Bonchev–Trinajstić information content (AvgIpc) is 3.09. The van der Waals surface area contributed by atoms with Gasteiger partial charge in [0.15, 0.2) is 0 Å². The number of ether oxygens (including phenoxy) is 2. The minimum atomic E-state index is -4.69. The molecule has 27 heavy (non-hydrogen) atoms. The molecule has 4 nitrogen and oxygen atoms in total. The zero-order valence-electron chi connectivity index (χ0n) is 15.3. The molecule has 1 heterocycles. The molecule has 9 heteroatoms. The van der Waals surface area contributed by atoms with Gasteiger partial charge in [-0.15, -0.1) is 38.0 Å². The van der Waals surface area contributed by atoms with Crippen LogP contribution in [0.2, 0.25) is 0 Å². The van der Waals surface area contributed by atoms with Gasteiger partial charge < -0.3 is 14.8 Å². The monoisotopic (exact) mass is 430 g/mol. The highest BCUT2D eigenvalue weighted by Gasteiger charge is 2.35. The van der Waals surface area contributed by atoms with E-state index in [0.29, 0.717) is 11.7 Å². The Morgan fingerprint density at radius 2 is 1.74 bits per heavy atom. The van der Waals surface area contributed by atoms with Crippen molar-refractivity contribution >= 4 is 24.8 Å². The van der Waals surface area contributed by atoms with Crippen molar-refractivity contribution in [2.24, 2.45) is 5.92 Å². The first kappa shape index (κ1) is 24.1. The second kappa shape index (κ2) is 10.6. The fourth-order valence-corrected chi connectivity index (χ4v) is 4.12. The summed E-state index contributed by atoms with van der Waals surface area (Å²) in [7, 11) is 1.56. The highest BCUT2D eigenvalue weighted by Crippen LogP contribution is 2.44. The summed E-state index contributed by atoms with van der Waals surface area (Å²) in [6.45, 7) is 3.55. The predicted molar refractivity (Wildman–Crippen MR) is 103 cm³/mol. The highest BCUT2D eigenvalue weighted by molar-refractivity contribution is 5.85. The molecule has 1 aromatic carbocycles. The summed E-state index contributed by atoms with van der Waals surface area (Å²) >= 11 is 0. The largest absolute Gasteiger partial charge is 0.573 e. The molecule has 156 valence electrons. The fourth-order valence-electron chi connectivity index (χ4n) is 4.12. The van der Waals surface area contributed by atoms with E-state index in [-0.39, 0.29) is 36.6 Å². The van der Waals surface area contributed by atoms with Crippen molar-refractivity contribution < 1.29 is 22.6 Å². The van der Waals surface area contributed by atoms with Gasteiger partial charge in [0.2, 0.25) is 0 Å². The third kappa shape index (κ3) is 6.31. The first-order valence-electron chi connectivity index (χ1n) is 8.86. The lowest BCUT2D eigenvalue weighted by molar-refractivity contribution is -0.274. The molecule has 1 atom stereocenters. The summed E-state index contributed by atoms with van der Waals surface area (Å²) in [5.41, 5.74) is 0.804. The number of nitrogens with zero attached hydrogens (tertiary/aromatic N) is 1. The van der Waals surface area contributed by atoms with E-state index in [9.17, 15) is 13.2 Å². The van der Waals surface area contributed by atoms with Crippen LogP contribution in [0.3, 0.4) is 0 Å². The number of methoxy groups -OCH3 is 1. The van der Waals surface area contributed by atoms with E-state index in [0.717, 1.165) is 44.6 Å². The van der Waals surface area contributed by atoms with Crippen LogP contribution in [0.25, 0.3) is 0 Å². The smallest absolute Gasteiger partial charge is 0.496 e. The first-order chi connectivity index (χ1) is 12.0. The van der Waals surface area contributed by atoms with Crippen LogP contribution in [0.15, 0.2) is 18.2 Å². The number of halogens is 5. The van der Waals surface area contributed by atoms with E-state index in [1.165, 1.54) is 25.0 Å². The van der Waals surface area contributed by atoms with Crippen molar-refractivity contribution in [3.05, 3.63) is 23.8 Å². The van der Waals surface area contributed by atoms with Crippen molar-refractivity contribution in [1.82, 2.24) is 10.2 Å². The van der Waals surface area contributed by atoms with Crippen molar-refractivity contribution in [1.29, 1.82) is 0 Å². The van der Waals surface area contributed by atoms with Crippen LogP contribution in [-0.2, 0) is 0 Å². The molecule has 3 rings (SSSR count). The topological polar surface area (TPSA) is 33.7 Å². The molecule has 1 saturated carbocycles. The van der Waals surface area contributed by atoms with E-state index in [4.69, 9.17) is 4.74 Å². The van der Waals surface area contributed by atoms with Crippen LogP contribution in [-0.4, -0.2) is 44.6 Å². The third-order valence-electron chi connectivity index (χ3n) is 5.14. The van der Waals surface area contributed by atoms with Gasteiger partial charge in [0.05, 0.1) is 7.11 Å². The van der Waals surface area contributed by atoms with Gasteiger partial charge in [-0.3, -0.25) is 4.90 Å². The maximum atomic E-state index is 12.6. The second-order valence-corrected chi connectivity index (χ2v) is 6.73. The van der Waals surface area contributed by atoms with E-state index < -0.39 is 6.36 Å². The Morgan fingerprint density at radius 3 is 2.30 bits per heavy atom. The van der Waals surface area contributed by atoms with Crippen molar-refractivity contribution in [2.75, 3.05) is 33.3 Å². The third-order valence-corrected chi connectivity index (χ3v) is 5.14. The van der Waals surface area contributed by atoms with Crippen LogP contribution >= 0.6 is 24.8 Å². The second-order valence-electron chi connectivity index (χ2n) is 6.73. The lowest BCUT2D eigenvalue weighted by Crippen LogP contribution is -2.46. The fraction of sp³-hybridized carbons (Fsp3) is 0.667. The zero-order chi connectivity index (χ0) is 17.9. The van der Waals surface area contributed by atoms with Gasteiger partial charge >= 0.3 is 6.36 Å². The van der Waals surface area contributed by atoms with Gasteiger partial charge in [-0.1, -0.05) is 12.8 Å². The molecule has 1 aromatic rings. The molecule has 1 saturated heterocycles. The Bertz CT molecular complexity index is 578. The molecule has 0 spiro atoms. The molecule has 0 unspecified atom stereocenters. The normalized spacial score (nSPS) is 19.7. The molecule has 0 radical (unpaired) electrons. The lowest BCUT2D eigenvalue weighted by Gasteiger charge is -2.39. The molecule has 1 aliphatic heterocycles. The molecule has 1 aliphatic carbocycles. The summed E-state index contributed by atoms with van der Waals surface area (Å²) < 4.78 is 47.6. The Labute approximate surface area is 170 Å². The SMILES string of the molecule is COc1ccc(OC(F)(F)F)cc1[C@@H](C1CCCC1)N1CCNCC1.Cl.Cl. The number of benzene rings is 1. The lowest BCUT2D eigenvalue weighted by atomic mass is 9.89. The van der Waals surface area contributed by atoms with Crippen molar-refractivity contribution in [3.8, 4) is 11.5 Å². The first-order valence-corrected chi connectivity index (χ1v) is 8.86. The number of rotatable bonds is 5. The van der Waals surface area contributed by atoms with Gasteiger partial charge in [-0.2, -0.15) is 0 Å². The standard InChI is InChI=1S/C18H25F3N2O2.2ClH/c1-24-16-7-6-14(25-18(19,20)21)12-15(16)17(13-4-2-3-5-13)23-10-8-22-9-11-23;;/h6-7,12-13,17,22H,2-5,8-11H2,1H3;2*1H/t17-;;/m1../s1. The summed E-state index contributed by atoms with van der Waals surface area (Å²) in [6, 6.07) is 4.48. The molecular formula is C18H27Cl2F3N2O2. The van der Waals surface area contributed by atoms with Crippen molar-refractivity contribution in [2.45, 2.75) is 38.1 Å². The van der Waals surface area contributed by atoms with Crippen molar-refractivity contribution in [3.63, 3.8) is 0 Å². The van der Waals surface area contributed by atoms with Gasteiger partial charge in [0, 0.05) is 37.8 Å². The van der Waals surface area contributed by atoms with Gasteiger partial charge in [-0.05, 0) is 37.0 Å². The molecule has 0 bridgehead atoms. The van der Waals surface area contributed by atoms with E-state index in [1.54, 1.807) is 13.2 Å². The summed E-state index contributed by atoms with van der Waals surface area (Å²) in [4.78, 5) is 2.38. The van der Waals surface area contributed by atoms with E-state index in [2.05, 4.69) is 15.0 Å². The average molecular weight is 431 g/mol. The van der Waals surface area contributed by atoms with Gasteiger partial charge in [0.25, 0.3) is 0 Å². The Balaban J connectivity index is 0.00000182. The van der Waals surface area contributed by atoms with E-state index >= 15 is 0 Å². The number of hydrogen-bond donors (Lipinski definition) is 1. The van der Waals surface area contributed by atoms with Crippen LogP contribution in [0.5, 0.6) is 11.5 Å². The number of alkyl halides is 3. The Hall–Kier alpha value is -0.890. The van der Waals surface area contributed by atoms with E-state index in [1.807, 2.05) is 0 Å².